The molecule has 2 rings (SSSR count). The Morgan fingerprint density at radius 2 is 1.89 bits per heavy atom. The zero-order chi connectivity index (χ0) is 13.9. The summed E-state index contributed by atoms with van der Waals surface area (Å²) < 4.78 is 1.20. The van der Waals surface area contributed by atoms with E-state index in [1.54, 1.807) is 11.3 Å². The lowest BCUT2D eigenvalue weighted by Crippen LogP contribution is -2.37. The van der Waals surface area contributed by atoms with Crippen LogP contribution in [-0.4, -0.2) is 6.54 Å². The van der Waals surface area contributed by atoms with Gasteiger partial charge in [-0.3, -0.25) is 0 Å². The van der Waals surface area contributed by atoms with Gasteiger partial charge in [-0.1, -0.05) is 51.1 Å². The maximum absolute atomic E-state index is 3.67. The van der Waals surface area contributed by atoms with E-state index in [0.29, 0.717) is 6.04 Å². The fourth-order valence-corrected chi connectivity index (χ4v) is 4.04. The monoisotopic (exact) mass is 337 g/mol. The van der Waals surface area contributed by atoms with Gasteiger partial charge in [0, 0.05) is 21.3 Å². The van der Waals surface area contributed by atoms with E-state index >= 15 is 0 Å². The Hall–Kier alpha value is -0.640. The Labute approximate surface area is 128 Å². The zero-order valence-corrected chi connectivity index (χ0v) is 14.0. The quantitative estimate of drug-likeness (QED) is 0.796. The second-order valence-corrected chi connectivity index (χ2v) is 6.85. The van der Waals surface area contributed by atoms with E-state index in [-0.39, 0.29) is 5.41 Å². The highest BCUT2D eigenvalue weighted by atomic mass is 79.9. The SMILES string of the molecule is CCNC(c1cscc1Br)C(C)(C)c1ccccc1. The van der Waals surface area contributed by atoms with Crippen LogP contribution in [0.15, 0.2) is 45.6 Å². The normalized spacial score (nSPS) is 13.5. The van der Waals surface area contributed by atoms with E-state index < -0.39 is 0 Å². The third kappa shape index (κ3) is 3.10. The second-order valence-electron chi connectivity index (χ2n) is 5.25. The van der Waals surface area contributed by atoms with Gasteiger partial charge >= 0.3 is 0 Å². The van der Waals surface area contributed by atoms with Crippen molar-refractivity contribution in [1.29, 1.82) is 0 Å². The van der Waals surface area contributed by atoms with Crippen LogP contribution in [0.25, 0.3) is 0 Å². The molecule has 0 aliphatic heterocycles. The summed E-state index contributed by atoms with van der Waals surface area (Å²) in [6.45, 7) is 7.73. The highest BCUT2D eigenvalue weighted by Gasteiger charge is 2.33. The van der Waals surface area contributed by atoms with Crippen LogP contribution in [0, 0.1) is 0 Å². The van der Waals surface area contributed by atoms with Crippen LogP contribution in [0.5, 0.6) is 0 Å². The summed E-state index contributed by atoms with van der Waals surface area (Å²) in [5.74, 6) is 0. The molecule has 1 N–H and O–H groups in total. The van der Waals surface area contributed by atoms with Crippen molar-refractivity contribution in [2.45, 2.75) is 32.2 Å². The molecule has 3 heteroatoms. The molecular formula is C16H20BrNS. The summed E-state index contributed by atoms with van der Waals surface area (Å²) in [5.41, 5.74) is 2.75. The summed E-state index contributed by atoms with van der Waals surface area (Å²) in [7, 11) is 0. The lowest BCUT2D eigenvalue weighted by molar-refractivity contribution is 0.353. The molecule has 0 spiro atoms. The van der Waals surface area contributed by atoms with E-state index in [0.717, 1.165) is 6.54 Å². The van der Waals surface area contributed by atoms with Crippen LogP contribution in [-0.2, 0) is 5.41 Å². The Bertz CT molecular complexity index is 519. The van der Waals surface area contributed by atoms with Gasteiger partial charge in [0.1, 0.15) is 0 Å². The summed E-state index contributed by atoms with van der Waals surface area (Å²) in [6.07, 6.45) is 0. The van der Waals surface area contributed by atoms with Gasteiger partial charge in [-0.2, -0.15) is 11.3 Å². The minimum Gasteiger partial charge on any atom is -0.309 e. The number of nitrogens with one attached hydrogen (secondary N) is 1. The van der Waals surface area contributed by atoms with E-state index in [9.17, 15) is 0 Å². The Balaban J connectivity index is 2.41. The van der Waals surface area contributed by atoms with Crippen LogP contribution < -0.4 is 5.32 Å². The number of hydrogen-bond donors (Lipinski definition) is 1. The molecule has 0 aliphatic carbocycles. The first-order valence-electron chi connectivity index (χ1n) is 6.58. The summed E-state index contributed by atoms with van der Waals surface area (Å²) >= 11 is 5.42. The van der Waals surface area contributed by atoms with Crippen LogP contribution in [0.1, 0.15) is 37.9 Å². The molecule has 1 aromatic heterocycles. The number of hydrogen-bond acceptors (Lipinski definition) is 2. The highest BCUT2D eigenvalue weighted by Crippen LogP contribution is 2.40. The fraction of sp³-hybridized carbons (Fsp3) is 0.375. The lowest BCUT2D eigenvalue weighted by atomic mass is 9.75. The van der Waals surface area contributed by atoms with Gasteiger partial charge in [0.15, 0.2) is 0 Å². The first-order chi connectivity index (χ1) is 9.07. The third-order valence-corrected chi connectivity index (χ3v) is 5.35. The zero-order valence-electron chi connectivity index (χ0n) is 11.6. The molecule has 0 amide bonds. The van der Waals surface area contributed by atoms with Crippen molar-refractivity contribution in [2.24, 2.45) is 0 Å². The molecule has 2 aromatic rings. The van der Waals surface area contributed by atoms with Gasteiger partial charge < -0.3 is 5.32 Å². The van der Waals surface area contributed by atoms with Crippen molar-refractivity contribution in [1.82, 2.24) is 5.32 Å². The van der Waals surface area contributed by atoms with Crippen molar-refractivity contribution in [3.63, 3.8) is 0 Å². The second kappa shape index (κ2) is 6.21. The number of halogens is 1. The van der Waals surface area contributed by atoms with E-state index in [4.69, 9.17) is 0 Å². The van der Waals surface area contributed by atoms with Crippen LogP contribution in [0.2, 0.25) is 0 Å². The van der Waals surface area contributed by atoms with E-state index in [2.05, 4.69) is 83.1 Å². The predicted octanol–water partition coefficient (Wildman–Crippen LogP) is 5.14. The first kappa shape index (κ1) is 14.8. The van der Waals surface area contributed by atoms with Crippen LogP contribution in [0.3, 0.4) is 0 Å². The largest absolute Gasteiger partial charge is 0.309 e. The molecule has 0 aliphatic rings. The van der Waals surface area contributed by atoms with Crippen molar-refractivity contribution in [3.05, 3.63) is 56.7 Å². The summed E-state index contributed by atoms with van der Waals surface area (Å²) in [4.78, 5) is 0. The number of benzene rings is 1. The molecule has 0 saturated carbocycles. The molecule has 0 radical (unpaired) electrons. The Morgan fingerprint density at radius 3 is 2.42 bits per heavy atom. The van der Waals surface area contributed by atoms with E-state index in [1.807, 2.05) is 0 Å². The lowest BCUT2D eigenvalue weighted by Gasteiger charge is -2.35. The number of thiophene rings is 1. The highest BCUT2D eigenvalue weighted by molar-refractivity contribution is 9.10. The smallest absolute Gasteiger partial charge is 0.0432 e. The van der Waals surface area contributed by atoms with Gasteiger partial charge in [0.25, 0.3) is 0 Å². The maximum atomic E-state index is 3.67. The first-order valence-corrected chi connectivity index (χ1v) is 8.31. The van der Waals surface area contributed by atoms with Crippen LogP contribution >= 0.6 is 27.3 Å². The van der Waals surface area contributed by atoms with Gasteiger partial charge in [-0.15, -0.1) is 0 Å². The van der Waals surface area contributed by atoms with Gasteiger partial charge in [-0.05, 0) is 39.0 Å². The molecule has 0 fully saturated rings. The molecular weight excluding hydrogens is 318 g/mol. The molecule has 1 atom stereocenters. The van der Waals surface area contributed by atoms with Gasteiger partial charge in [-0.25, -0.2) is 0 Å². The average molecular weight is 338 g/mol. The van der Waals surface area contributed by atoms with Crippen molar-refractivity contribution >= 4 is 27.3 Å². The molecule has 102 valence electrons. The Morgan fingerprint density at radius 1 is 1.21 bits per heavy atom. The van der Waals surface area contributed by atoms with Crippen LogP contribution in [0.4, 0.5) is 0 Å². The maximum Gasteiger partial charge on any atom is 0.0432 e. The standard InChI is InChI=1S/C16H20BrNS/c1-4-18-15(13-10-19-11-14(13)17)16(2,3)12-8-6-5-7-9-12/h5-11,15,18H,4H2,1-3H3. The van der Waals surface area contributed by atoms with E-state index in [1.165, 1.54) is 15.6 Å². The Kier molecular flexibility index (Phi) is 4.82. The van der Waals surface area contributed by atoms with Gasteiger partial charge in [0.2, 0.25) is 0 Å². The summed E-state index contributed by atoms with van der Waals surface area (Å²) in [6, 6.07) is 11.0. The van der Waals surface area contributed by atoms with Gasteiger partial charge in [0.05, 0.1) is 0 Å². The molecule has 1 nitrogen and oxygen atoms in total. The molecule has 0 bridgehead atoms. The average Bonchev–Trinajstić information content (AvgIpc) is 2.83. The fourth-order valence-electron chi connectivity index (χ4n) is 2.49. The summed E-state index contributed by atoms with van der Waals surface area (Å²) in [5, 5.41) is 8.03. The topological polar surface area (TPSA) is 12.0 Å². The van der Waals surface area contributed by atoms with Crippen molar-refractivity contribution < 1.29 is 0 Å². The minimum atomic E-state index is 0.0425. The van der Waals surface area contributed by atoms with Crippen molar-refractivity contribution in [3.8, 4) is 0 Å². The number of likely N-dealkylation sites (N-methyl/N-ethyl adjacent to an activating group) is 1. The molecule has 0 saturated heterocycles. The van der Waals surface area contributed by atoms with Crippen molar-refractivity contribution in [2.75, 3.05) is 6.54 Å². The minimum absolute atomic E-state index is 0.0425. The molecule has 1 heterocycles. The predicted molar refractivity (Wildman–Crippen MR) is 87.9 cm³/mol. The third-order valence-electron chi connectivity index (χ3n) is 3.60. The molecule has 1 aromatic carbocycles. The molecule has 19 heavy (non-hydrogen) atoms. The number of rotatable bonds is 5. The molecule has 1 unspecified atom stereocenters.